The molecule has 2 atom stereocenters. The van der Waals surface area contributed by atoms with E-state index >= 15 is 0 Å². The maximum atomic E-state index is 12.1. The zero-order valence-corrected chi connectivity index (χ0v) is 12.0. The molecule has 2 unspecified atom stereocenters. The molecule has 4 nitrogen and oxygen atoms in total. The SMILES string of the molecule is CCOC(=O)C1(C(C)=O)CCC(Nc2ccccc2)C1. The number of carbonyl (C=O) groups is 2. The van der Waals surface area contributed by atoms with Gasteiger partial charge in [0.15, 0.2) is 0 Å². The summed E-state index contributed by atoms with van der Waals surface area (Å²) < 4.78 is 5.10. The molecule has 0 heterocycles. The van der Waals surface area contributed by atoms with E-state index in [2.05, 4.69) is 5.32 Å². The molecule has 108 valence electrons. The van der Waals surface area contributed by atoms with Gasteiger partial charge >= 0.3 is 5.97 Å². The Kier molecular flexibility index (Phi) is 4.42. The highest BCUT2D eigenvalue weighted by Crippen LogP contribution is 2.41. The quantitative estimate of drug-likeness (QED) is 0.663. The van der Waals surface area contributed by atoms with E-state index in [4.69, 9.17) is 4.74 Å². The van der Waals surface area contributed by atoms with Gasteiger partial charge in [-0.15, -0.1) is 0 Å². The standard InChI is InChI=1S/C16H21NO3/c1-3-20-15(19)16(12(2)18)10-9-14(11-16)17-13-7-5-4-6-8-13/h4-8,14,17H,3,9-11H2,1-2H3. The van der Waals surface area contributed by atoms with Crippen molar-refractivity contribution in [2.45, 2.75) is 39.2 Å². The molecule has 0 saturated heterocycles. The molecule has 2 rings (SSSR count). The number of ketones is 1. The first-order valence-electron chi connectivity index (χ1n) is 7.08. The van der Waals surface area contributed by atoms with E-state index in [1.54, 1.807) is 6.92 Å². The van der Waals surface area contributed by atoms with Gasteiger partial charge in [-0.3, -0.25) is 9.59 Å². The number of hydrogen-bond acceptors (Lipinski definition) is 4. The minimum Gasteiger partial charge on any atom is -0.465 e. The number of esters is 1. The van der Waals surface area contributed by atoms with Gasteiger partial charge in [0, 0.05) is 11.7 Å². The molecule has 0 aromatic heterocycles. The Balaban J connectivity index is 2.08. The van der Waals surface area contributed by atoms with E-state index in [0.29, 0.717) is 19.4 Å². The zero-order chi connectivity index (χ0) is 14.6. The Morgan fingerprint density at radius 2 is 2.05 bits per heavy atom. The van der Waals surface area contributed by atoms with Crippen LogP contribution in [0.4, 0.5) is 5.69 Å². The summed E-state index contributed by atoms with van der Waals surface area (Å²) >= 11 is 0. The molecule has 1 N–H and O–H groups in total. The van der Waals surface area contributed by atoms with Crippen LogP contribution in [-0.4, -0.2) is 24.4 Å². The van der Waals surface area contributed by atoms with Gasteiger partial charge in [-0.05, 0) is 45.2 Å². The number of ether oxygens (including phenoxy) is 1. The molecule has 1 aliphatic carbocycles. The van der Waals surface area contributed by atoms with Crippen molar-refractivity contribution in [2.75, 3.05) is 11.9 Å². The van der Waals surface area contributed by atoms with Crippen molar-refractivity contribution in [1.29, 1.82) is 0 Å². The van der Waals surface area contributed by atoms with Crippen LogP contribution >= 0.6 is 0 Å². The van der Waals surface area contributed by atoms with Gasteiger partial charge in [0.2, 0.25) is 0 Å². The second kappa shape index (κ2) is 6.07. The van der Waals surface area contributed by atoms with Crippen LogP contribution in [0.5, 0.6) is 0 Å². The third-order valence-electron chi connectivity index (χ3n) is 4.00. The zero-order valence-electron chi connectivity index (χ0n) is 12.0. The van der Waals surface area contributed by atoms with Crippen molar-refractivity contribution in [3.05, 3.63) is 30.3 Å². The predicted molar refractivity (Wildman–Crippen MR) is 77.5 cm³/mol. The van der Waals surface area contributed by atoms with Crippen LogP contribution < -0.4 is 5.32 Å². The summed E-state index contributed by atoms with van der Waals surface area (Å²) in [4.78, 5) is 24.1. The molecule has 0 amide bonds. The molecular formula is C16H21NO3. The maximum absolute atomic E-state index is 12.1. The highest BCUT2D eigenvalue weighted by atomic mass is 16.5. The minimum absolute atomic E-state index is 0.0895. The van der Waals surface area contributed by atoms with Gasteiger partial charge in [-0.2, -0.15) is 0 Å². The van der Waals surface area contributed by atoms with Gasteiger partial charge in [0.25, 0.3) is 0 Å². The number of hydrogen-bond donors (Lipinski definition) is 1. The summed E-state index contributed by atoms with van der Waals surface area (Å²) in [5.74, 6) is -0.460. The highest BCUT2D eigenvalue weighted by molar-refractivity contribution is 6.03. The third-order valence-corrected chi connectivity index (χ3v) is 4.00. The largest absolute Gasteiger partial charge is 0.465 e. The van der Waals surface area contributed by atoms with Crippen molar-refractivity contribution >= 4 is 17.4 Å². The molecule has 0 bridgehead atoms. The van der Waals surface area contributed by atoms with Crippen LogP contribution in [-0.2, 0) is 14.3 Å². The number of carbonyl (C=O) groups excluding carboxylic acids is 2. The van der Waals surface area contributed by atoms with Crippen molar-refractivity contribution in [3.63, 3.8) is 0 Å². The predicted octanol–water partition coefficient (Wildman–Crippen LogP) is 2.79. The average molecular weight is 275 g/mol. The fourth-order valence-electron chi connectivity index (χ4n) is 2.86. The minimum atomic E-state index is -0.956. The summed E-state index contributed by atoms with van der Waals surface area (Å²) in [7, 11) is 0. The molecule has 0 spiro atoms. The fraction of sp³-hybridized carbons (Fsp3) is 0.500. The second-order valence-electron chi connectivity index (χ2n) is 5.31. The molecule has 0 radical (unpaired) electrons. The van der Waals surface area contributed by atoms with Gasteiger partial charge in [0.05, 0.1) is 6.61 Å². The lowest BCUT2D eigenvalue weighted by Gasteiger charge is -2.24. The number of para-hydroxylation sites is 1. The lowest BCUT2D eigenvalue weighted by molar-refractivity contribution is -0.159. The van der Waals surface area contributed by atoms with Gasteiger partial charge in [-0.1, -0.05) is 18.2 Å². The monoisotopic (exact) mass is 275 g/mol. The molecule has 4 heteroatoms. The Labute approximate surface area is 119 Å². The molecule has 1 saturated carbocycles. The van der Waals surface area contributed by atoms with Crippen LogP contribution in [0.25, 0.3) is 0 Å². The van der Waals surface area contributed by atoms with Gasteiger partial charge < -0.3 is 10.1 Å². The lowest BCUT2D eigenvalue weighted by Crippen LogP contribution is -2.38. The molecule has 0 aliphatic heterocycles. The topological polar surface area (TPSA) is 55.4 Å². The maximum Gasteiger partial charge on any atom is 0.319 e. The van der Waals surface area contributed by atoms with E-state index in [9.17, 15) is 9.59 Å². The van der Waals surface area contributed by atoms with Crippen LogP contribution in [0, 0.1) is 5.41 Å². The lowest BCUT2D eigenvalue weighted by atomic mass is 9.82. The van der Waals surface area contributed by atoms with Crippen LogP contribution in [0.15, 0.2) is 30.3 Å². The molecule has 1 aromatic carbocycles. The third kappa shape index (κ3) is 2.84. The molecule has 1 aromatic rings. The number of nitrogens with one attached hydrogen (secondary N) is 1. The first-order chi connectivity index (χ1) is 9.58. The van der Waals surface area contributed by atoms with Gasteiger partial charge in [-0.25, -0.2) is 0 Å². The Bertz CT molecular complexity index is 486. The normalized spacial score (nSPS) is 25.2. The second-order valence-corrected chi connectivity index (χ2v) is 5.31. The molecule has 1 fully saturated rings. The van der Waals surface area contributed by atoms with Crippen LogP contribution in [0.1, 0.15) is 33.1 Å². The smallest absolute Gasteiger partial charge is 0.319 e. The molecule has 1 aliphatic rings. The van der Waals surface area contributed by atoms with E-state index < -0.39 is 5.41 Å². The Morgan fingerprint density at radius 3 is 2.65 bits per heavy atom. The summed E-state index contributed by atoms with van der Waals surface area (Å²) in [6.45, 7) is 3.56. The molecular weight excluding hydrogens is 254 g/mol. The van der Waals surface area contributed by atoms with Crippen LogP contribution in [0.3, 0.4) is 0 Å². The first kappa shape index (κ1) is 14.6. The van der Waals surface area contributed by atoms with Crippen molar-refractivity contribution in [3.8, 4) is 0 Å². The van der Waals surface area contributed by atoms with E-state index in [1.807, 2.05) is 30.3 Å². The Hall–Kier alpha value is -1.84. The first-order valence-corrected chi connectivity index (χ1v) is 7.08. The van der Waals surface area contributed by atoms with Crippen LogP contribution in [0.2, 0.25) is 0 Å². The number of rotatable bonds is 5. The van der Waals surface area contributed by atoms with E-state index in [0.717, 1.165) is 12.1 Å². The van der Waals surface area contributed by atoms with Crippen molar-refractivity contribution in [1.82, 2.24) is 0 Å². The van der Waals surface area contributed by atoms with E-state index in [1.165, 1.54) is 6.92 Å². The van der Waals surface area contributed by atoms with E-state index in [-0.39, 0.29) is 17.8 Å². The average Bonchev–Trinajstić information content (AvgIpc) is 2.85. The van der Waals surface area contributed by atoms with Crippen molar-refractivity contribution in [2.24, 2.45) is 5.41 Å². The number of Topliss-reactive ketones (excluding diaryl/α,β-unsaturated/α-hetero) is 1. The summed E-state index contributed by atoms with van der Waals surface area (Å²) in [6, 6.07) is 9.97. The number of anilines is 1. The Morgan fingerprint density at radius 1 is 1.35 bits per heavy atom. The highest BCUT2D eigenvalue weighted by Gasteiger charge is 2.50. The van der Waals surface area contributed by atoms with Gasteiger partial charge in [0.1, 0.15) is 11.2 Å². The fourth-order valence-corrected chi connectivity index (χ4v) is 2.86. The summed E-state index contributed by atoms with van der Waals surface area (Å²) in [5.41, 5.74) is 0.0587. The number of benzene rings is 1. The van der Waals surface area contributed by atoms with Crippen molar-refractivity contribution < 1.29 is 14.3 Å². The molecule has 20 heavy (non-hydrogen) atoms. The summed E-state index contributed by atoms with van der Waals surface area (Å²) in [5, 5.41) is 3.39. The summed E-state index contributed by atoms with van der Waals surface area (Å²) in [6.07, 6.45) is 1.87.